The predicted octanol–water partition coefficient (Wildman–Crippen LogP) is 15.1. The topological polar surface area (TPSA) is 48.5 Å². The number of hydrogen-bond acceptors (Lipinski definition) is 4. The summed E-state index contributed by atoms with van der Waals surface area (Å²) in [5.74, 6) is 1.90. The minimum Gasteiger partial charge on any atom is -0.309 e. The second-order valence-electron chi connectivity index (χ2n) is 16.0. The highest BCUT2D eigenvalue weighted by atomic mass is 32.1. The minimum absolute atomic E-state index is 0.616. The fourth-order valence-electron chi connectivity index (χ4n) is 9.51. The monoisotopic (exact) mass is 821 g/mol. The highest BCUT2D eigenvalue weighted by molar-refractivity contribution is 7.26. The van der Waals surface area contributed by atoms with Crippen molar-refractivity contribution in [2.24, 2.45) is 0 Å². The Morgan fingerprint density at radius 1 is 0.302 bits per heavy atom. The zero-order chi connectivity index (χ0) is 41.4. The highest BCUT2D eigenvalue weighted by Crippen LogP contribution is 2.41. The van der Waals surface area contributed by atoms with E-state index in [1.54, 1.807) is 11.3 Å². The molecule has 0 aliphatic rings. The zero-order valence-electron chi connectivity index (χ0n) is 33.9. The molecule has 0 amide bonds. The summed E-state index contributed by atoms with van der Waals surface area (Å²) < 4.78 is 7.20. The Balaban J connectivity index is 1.05. The van der Waals surface area contributed by atoms with Crippen LogP contribution in [0.25, 0.3) is 120 Å². The van der Waals surface area contributed by atoms with Crippen molar-refractivity contribution in [2.45, 2.75) is 0 Å². The van der Waals surface area contributed by atoms with E-state index in [0.29, 0.717) is 17.5 Å². The molecule has 0 N–H and O–H groups in total. The van der Waals surface area contributed by atoms with Crippen LogP contribution in [0.3, 0.4) is 0 Å². The summed E-state index contributed by atoms with van der Waals surface area (Å²) >= 11 is 1.78. The molecule has 0 aliphatic carbocycles. The number of hydrogen-bond donors (Lipinski definition) is 0. The lowest BCUT2D eigenvalue weighted by atomic mass is 10.0. The van der Waals surface area contributed by atoms with E-state index in [4.69, 9.17) is 15.0 Å². The molecule has 0 radical (unpaired) electrons. The molecule has 0 aliphatic heterocycles. The molecule has 13 aromatic rings. The van der Waals surface area contributed by atoms with E-state index in [2.05, 4.69) is 203 Å². The summed E-state index contributed by atoms with van der Waals surface area (Å²) in [5, 5.41) is 7.31. The van der Waals surface area contributed by atoms with Gasteiger partial charge >= 0.3 is 0 Å². The van der Waals surface area contributed by atoms with Gasteiger partial charge in [0.2, 0.25) is 0 Å². The van der Waals surface area contributed by atoms with E-state index >= 15 is 0 Å². The summed E-state index contributed by atoms with van der Waals surface area (Å²) in [5.41, 5.74) is 11.8. The van der Waals surface area contributed by atoms with Gasteiger partial charge in [-0.05, 0) is 77.9 Å². The first-order chi connectivity index (χ1) is 31.2. The van der Waals surface area contributed by atoms with Crippen molar-refractivity contribution < 1.29 is 0 Å². The fourth-order valence-corrected chi connectivity index (χ4v) is 10.7. The van der Waals surface area contributed by atoms with Crippen molar-refractivity contribution >= 4 is 75.1 Å². The molecule has 6 heteroatoms. The van der Waals surface area contributed by atoms with Crippen LogP contribution >= 0.6 is 11.3 Å². The molecule has 9 aromatic carbocycles. The maximum Gasteiger partial charge on any atom is 0.165 e. The van der Waals surface area contributed by atoms with E-state index < -0.39 is 0 Å². The van der Waals surface area contributed by atoms with Gasteiger partial charge < -0.3 is 9.13 Å². The third kappa shape index (κ3) is 5.73. The molecule has 63 heavy (non-hydrogen) atoms. The number of benzene rings is 9. The number of nitrogens with zero attached hydrogens (tertiary/aromatic N) is 5. The minimum atomic E-state index is 0.616. The van der Waals surface area contributed by atoms with Gasteiger partial charge in [0.15, 0.2) is 17.5 Å². The molecule has 0 bridgehead atoms. The van der Waals surface area contributed by atoms with Crippen molar-refractivity contribution in [2.75, 3.05) is 0 Å². The Bertz CT molecular complexity index is 3860. The Hall–Kier alpha value is -8.19. The predicted molar refractivity (Wildman–Crippen MR) is 263 cm³/mol. The van der Waals surface area contributed by atoms with Gasteiger partial charge in [-0.1, -0.05) is 146 Å². The van der Waals surface area contributed by atoms with Gasteiger partial charge in [-0.15, -0.1) is 11.3 Å². The molecule has 0 spiro atoms. The average Bonchev–Trinajstić information content (AvgIpc) is 4.02. The largest absolute Gasteiger partial charge is 0.309 e. The maximum absolute atomic E-state index is 5.36. The second kappa shape index (κ2) is 14.2. The van der Waals surface area contributed by atoms with Crippen LogP contribution in [0.15, 0.2) is 212 Å². The highest BCUT2D eigenvalue weighted by Gasteiger charge is 2.20. The molecular weight excluding hydrogens is 787 g/mol. The molecule has 0 saturated heterocycles. The second-order valence-corrected chi connectivity index (χ2v) is 17.1. The molecule has 0 atom stereocenters. The first-order valence-corrected chi connectivity index (χ1v) is 22.0. The van der Waals surface area contributed by atoms with E-state index in [1.165, 1.54) is 52.8 Å². The lowest BCUT2D eigenvalue weighted by Gasteiger charge is -2.15. The van der Waals surface area contributed by atoms with Gasteiger partial charge in [-0.3, -0.25) is 0 Å². The number of para-hydroxylation sites is 3. The van der Waals surface area contributed by atoms with Crippen LogP contribution in [0, 0.1) is 0 Å². The summed E-state index contributed by atoms with van der Waals surface area (Å²) in [4.78, 5) is 15.8. The summed E-state index contributed by atoms with van der Waals surface area (Å²) in [6.07, 6.45) is 0. The summed E-state index contributed by atoms with van der Waals surface area (Å²) in [6.45, 7) is 0. The van der Waals surface area contributed by atoms with Crippen LogP contribution in [0.5, 0.6) is 0 Å². The Kier molecular flexibility index (Phi) is 8.01. The fraction of sp³-hybridized carbons (Fsp3) is 0. The Morgan fingerprint density at radius 2 is 0.810 bits per heavy atom. The molecule has 4 heterocycles. The molecule has 4 aromatic heterocycles. The van der Waals surface area contributed by atoms with Gasteiger partial charge in [0, 0.05) is 69.8 Å². The normalized spacial score (nSPS) is 11.8. The van der Waals surface area contributed by atoms with Crippen LogP contribution in [-0.2, 0) is 0 Å². The number of thiophene rings is 1. The van der Waals surface area contributed by atoms with Gasteiger partial charge in [0.25, 0.3) is 0 Å². The number of aromatic nitrogens is 5. The lowest BCUT2D eigenvalue weighted by Crippen LogP contribution is -2.02. The third-order valence-corrected chi connectivity index (χ3v) is 13.6. The van der Waals surface area contributed by atoms with Crippen LogP contribution in [0.4, 0.5) is 0 Å². The SMILES string of the molecule is c1ccc(-c2cc(-c3nc(-c4ccccc4)nc(-c4cccc5c4sc4ccccc45)n3)cc(-n3c4ccccc4c4cc(-n5c6ccccc6c6ccccc65)ccc43)c2)cc1. The molecule has 5 nitrogen and oxygen atoms in total. The molecule has 294 valence electrons. The van der Waals surface area contributed by atoms with Crippen molar-refractivity contribution in [3.8, 4) is 56.7 Å². The summed E-state index contributed by atoms with van der Waals surface area (Å²) in [6, 6.07) is 75.7. The summed E-state index contributed by atoms with van der Waals surface area (Å²) in [7, 11) is 0. The van der Waals surface area contributed by atoms with Gasteiger partial charge in [-0.2, -0.15) is 0 Å². The molecule has 0 fully saturated rings. The van der Waals surface area contributed by atoms with Crippen molar-refractivity contribution in [1.29, 1.82) is 0 Å². The molecule has 0 saturated carbocycles. The van der Waals surface area contributed by atoms with Crippen LogP contribution in [0.2, 0.25) is 0 Å². The van der Waals surface area contributed by atoms with E-state index in [-0.39, 0.29) is 0 Å². The first-order valence-electron chi connectivity index (χ1n) is 21.2. The van der Waals surface area contributed by atoms with Crippen molar-refractivity contribution in [1.82, 2.24) is 24.1 Å². The standard InChI is InChI=1S/C57H35N5S/c1-3-16-36(17-4-1)38-32-39(56-58-55(37-18-5-2-6-19-37)59-57(60-56)47-25-15-24-46-45-23-10-14-29-53(45)63-54(46)47)34-41(33-38)62-51-28-13-9-22-44(51)48-35-40(30-31-52(48)62)61-49-26-11-7-20-42(49)43-21-8-12-27-50(43)61/h1-35H. The van der Waals surface area contributed by atoms with Gasteiger partial charge in [-0.25, -0.2) is 15.0 Å². The third-order valence-electron chi connectivity index (χ3n) is 12.3. The quantitative estimate of drug-likeness (QED) is 0.168. The lowest BCUT2D eigenvalue weighted by molar-refractivity contribution is 1.07. The van der Waals surface area contributed by atoms with E-state index in [0.717, 1.165) is 50.2 Å². The molecule has 13 rings (SSSR count). The maximum atomic E-state index is 5.36. The van der Waals surface area contributed by atoms with Crippen molar-refractivity contribution in [3.63, 3.8) is 0 Å². The van der Waals surface area contributed by atoms with Crippen LogP contribution in [0.1, 0.15) is 0 Å². The first kappa shape index (κ1) is 35.6. The zero-order valence-corrected chi connectivity index (χ0v) is 34.7. The van der Waals surface area contributed by atoms with Crippen LogP contribution < -0.4 is 0 Å². The van der Waals surface area contributed by atoms with E-state index in [1.807, 2.05) is 18.2 Å². The van der Waals surface area contributed by atoms with E-state index in [9.17, 15) is 0 Å². The molecule has 0 unspecified atom stereocenters. The van der Waals surface area contributed by atoms with Crippen molar-refractivity contribution in [3.05, 3.63) is 212 Å². The Labute approximate surface area is 366 Å². The smallest absolute Gasteiger partial charge is 0.165 e. The van der Waals surface area contributed by atoms with Crippen LogP contribution in [-0.4, -0.2) is 24.1 Å². The Morgan fingerprint density at radius 3 is 1.51 bits per heavy atom. The number of fused-ring (bicyclic) bond motifs is 9. The number of rotatable bonds is 6. The van der Waals surface area contributed by atoms with Gasteiger partial charge in [0.05, 0.1) is 22.1 Å². The molecular formula is C57H35N5S. The average molecular weight is 822 g/mol. The van der Waals surface area contributed by atoms with Gasteiger partial charge in [0.1, 0.15) is 0 Å².